The lowest BCUT2D eigenvalue weighted by atomic mass is 10.1. The summed E-state index contributed by atoms with van der Waals surface area (Å²) in [4.78, 5) is 13.5. The van der Waals surface area contributed by atoms with E-state index in [1.54, 1.807) is 4.90 Å². The van der Waals surface area contributed by atoms with Crippen LogP contribution < -0.4 is 5.32 Å². The van der Waals surface area contributed by atoms with Gasteiger partial charge in [0, 0.05) is 32.3 Å². The molecule has 0 aliphatic carbocycles. The summed E-state index contributed by atoms with van der Waals surface area (Å²) in [5.41, 5.74) is -0.450. The standard InChI is InChI=1S/C11H22N2O3/c1-11(2,3)16-10(15)13-6-5-12-9(8-13)4-7-14/h9,12,14H,4-8H2,1-3H3/t9-/m1/s1. The van der Waals surface area contributed by atoms with Crippen LogP contribution in [-0.2, 0) is 4.74 Å². The molecule has 0 aromatic heterocycles. The molecule has 0 aromatic rings. The van der Waals surface area contributed by atoms with E-state index in [4.69, 9.17) is 9.84 Å². The van der Waals surface area contributed by atoms with E-state index in [2.05, 4.69) is 5.32 Å². The number of ether oxygens (including phenoxy) is 1. The van der Waals surface area contributed by atoms with Gasteiger partial charge in [-0.15, -0.1) is 0 Å². The van der Waals surface area contributed by atoms with Crippen LogP contribution >= 0.6 is 0 Å². The van der Waals surface area contributed by atoms with Crippen molar-refractivity contribution in [3.8, 4) is 0 Å². The molecule has 1 amide bonds. The highest BCUT2D eigenvalue weighted by molar-refractivity contribution is 5.68. The lowest BCUT2D eigenvalue weighted by Gasteiger charge is -2.34. The lowest BCUT2D eigenvalue weighted by molar-refractivity contribution is 0.0186. The van der Waals surface area contributed by atoms with Crippen LogP contribution in [0.25, 0.3) is 0 Å². The Bertz CT molecular complexity index is 236. The van der Waals surface area contributed by atoms with E-state index in [0.29, 0.717) is 19.5 Å². The maximum atomic E-state index is 11.8. The Balaban J connectivity index is 2.44. The molecular weight excluding hydrogens is 208 g/mol. The quantitative estimate of drug-likeness (QED) is 0.728. The molecule has 2 N–H and O–H groups in total. The Morgan fingerprint density at radius 2 is 2.25 bits per heavy atom. The Morgan fingerprint density at radius 3 is 2.81 bits per heavy atom. The van der Waals surface area contributed by atoms with Gasteiger partial charge in [-0.05, 0) is 27.2 Å². The molecule has 5 nitrogen and oxygen atoms in total. The van der Waals surface area contributed by atoms with Crippen LogP contribution in [0, 0.1) is 0 Å². The van der Waals surface area contributed by atoms with E-state index in [-0.39, 0.29) is 18.7 Å². The zero-order chi connectivity index (χ0) is 12.2. The SMILES string of the molecule is CC(C)(C)OC(=O)N1CCN[C@H](CCO)C1. The van der Waals surface area contributed by atoms with E-state index < -0.39 is 5.60 Å². The summed E-state index contributed by atoms with van der Waals surface area (Å²) in [5.74, 6) is 0. The Morgan fingerprint density at radius 1 is 1.56 bits per heavy atom. The van der Waals surface area contributed by atoms with Crippen LogP contribution in [0.2, 0.25) is 0 Å². The van der Waals surface area contributed by atoms with Gasteiger partial charge >= 0.3 is 6.09 Å². The van der Waals surface area contributed by atoms with Crippen molar-refractivity contribution in [3.05, 3.63) is 0 Å². The van der Waals surface area contributed by atoms with E-state index in [1.165, 1.54) is 0 Å². The first-order valence-electron chi connectivity index (χ1n) is 5.74. The second-order valence-corrected chi connectivity index (χ2v) is 5.09. The second-order valence-electron chi connectivity index (χ2n) is 5.09. The normalized spacial score (nSPS) is 22.0. The summed E-state index contributed by atoms with van der Waals surface area (Å²) in [7, 11) is 0. The summed E-state index contributed by atoms with van der Waals surface area (Å²) in [6.07, 6.45) is 0.399. The maximum Gasteiger partial charge on any atom is 0.410 e. The van der Waals surface area contributed by atoms with Crippen molar-refractivity contribution in [3.63, 3.8) is 0 Å². The zero-order valence-electron chi connectivity index (χ0n) is 10.3. The fraction of sp³-hybridized carbons (Fsp3) is 0.909. The van der Waals surface area contributed by atoms with Crippen molar-refractivity contribution >= 4 is 6.09 Å². The fourth-order valence-electron chi connectivity index (χ4n) is 1.67. The highest BCUT2D eigenvalue weighted by Gasteiger charge is 2.26. The monoisotopic (exact) mass is 230 g/mol. The number of rotatable bonds is 2. The topological polar surface area (TPSA) is 61.8 Å². The average molecular weight is 230 g/mol. The van der Waals surface area contributed by atoms with Gasteiger partial charge in [0.05, 0.1) is 0 Å². The number of aliphatic hydroxyl groups is 1. The van der Waals surface area contributed by atoms with Crippen LogP contribution in [0.15, 0.2) is 0 Å². The van der Waals surface area contributed by atoms with Crippen LogP contribution in [-0.4, -0.2) is 54.0 Å². The third-order valence-electron chi connectivity index (χ3n) is 2.38. The molecule has 0 saturated carbocycles. The fourth-order valence-corrected chi connectivity index (χ4v) is 1.67. The first-order chi connectivity index (χ1) is 7.42. The predicted molar refractivity (Wildman–Crippen MR) is 61.3 cm³/mol. The van der Waals surface area contributed by atoms with Crippen molar-refractivity contribution in [2.75, 3.05) is 26.2 Å². The molecule has 0 spiro atoms. The number of carbonyl (C=O) groups excluding carboxylic acids is 1. The van der Waals surface area contributed by atoms with Gasteiger partial charge < -0.3 is 20.1 Å². The van der Waals surface area contributed by atoms with Crippen LogP contribution in [0.4, 0.5) is 4.79 Å². The van der Waals surface area contributed by atoms with Gasteiger partial charge in [0.25, 0.3) is 0 Å². The molecule has 1 rings (SSSR count). The Hall–Kier alpha value is -0.810. The molecule has 94 valence electrons. The van der Waals surface area contributed by atoms with E-state index in [1.807, 2.05) is 20.8 Å². The van der Waals surface area contributed by atoms with Gasteiger partial charge in [-0.1, -0.05) is 0 Å². The third-order valence-corrected chi connectivity index (χ3v) is 2.38. The van der Waals surface area contributed by atoms with Gasteiger partial charge in [-0.2, -0.15) is 0 Å². The van der Waals surface area contributed by atoms with E-state index in [9.17, 15) is 4.79 Å². The summed E-state index contributed by atoms with van der Waals surface area (Å²) in [6, 6.07) is 0.172. The first-order valence-corrected chi connectivity index (χ1v) is 5.74. The molecule has 1 saturated heterocycles. The lowest BCUT2D eigenvalue weighted by Crippen LogP contribution is -2.53. The van der Waals surface area contributed by atoms with Crippen molar-refractivity contribution in [1.82, 2.24) is 10.2 Å². The van der Waals surface area contributed by atoms with E-state index in [0.717, 1.165) is 6.54 Å². The molecular formula is C11H22N2O3. The van der Waals surface area contributed by atoms with Crippen LogP contribution in [0.1, 0.15) is 27.2 Å². The molecule has 16 heavy (non-hydrogen) atoms. The number of aliphatic hydroxyl groups excluding tert-OH is 1. The highest BCUT2D eigenvalue weighted by Crippen LogP contribution is 2.11. The predicted octanol–water partition coefficient (Wildman–Crippen LogP) is 0.578. The molecule has 1 heterocycles. The third kappa shape index (κ3) is 4.37. The largest absolute Gasteiger partial charge is 0.444 e. The molecule has 0 aromatic carbocycles. The molecule has 1 aliphatic rings. The second kappa shape index (κ2) is 5.50. The smallest absolute Gasteiger partial charge is 0.410 e. The molecule has 0 radical (unpaired) electrons. The summed E-state index contributed by atoms with van der Waals surface area (Å²) < 4.78 is 5.30. The maximum absolute atomic E-state index is 11.8. The molecule has 0 bridgehead atoms. The van der Waals surface area contributed by atoms with Crippen molar-refractivity contribution in [2.45, 2.75) is 38.8 Å². The molecule has 1 aliphatic heterocycles. The number of nitrogens with one attached hydrogen (secondary N) is 1. The van der Waals surface area contributed by atoms with Gasteiger partial charge in [0.15, 0.2) is 0 Å². The number of hydrogen-bond acceptors (Lipinski definition) is 4. The van der Waals surface area contributed by atoms with E-state index >= 15 is 0 Å². The molecule has 1 atom stereocenters. The molecule has 0 unspecified atom stereocenters. The highest BCUT2D eigenvalue weighted by atomic mass is 16.6. The minimum Gasteiger partial charge on any atom is -0.444 e. The number of amides is 1. The average Bonchev–Trinajstić information content (AvgIpc) is 2.16. The minimum absolute atomic E-state index is 0.139. The van der Waals surface area contributed by atoms with Gasteiger partial charge in [0.2, 0.25) is 0 Å². The minimum atomic E-state index is -0.450. The summed E-state index contributed by atoms with van der Waals surface area (Å²) in [5, 5.41) is 12.1. The van der Waals surface area contributed by atoms with Crippen molar-refractivity contribution in [1.29, 1.82) is 0 Å². The zero-order valence-corrected chi connectivity index (χ0v) is 10.3. The molecule has 1 fully saturated rings. The van der Waals surface area contributed by atoms with Crippen LogP contribution in [0.5, 0.6) is 0 Å². The van der Waals surface area contributed by atoms with Gasteiger partial charge in [-0.25, -0.2) is 4.79 Å². The van der Waals surface area contributed by atoms with Crippen molar-refractivity contribution in [2.24, 2.45) is 0 Å². The number of carbonyl (C=O) groups is 1. The Labute approximate surface area is 96.8 Å². The molecule has 5 heteroatoms. The Kier molecular flexibility index (Phi) is 4.56. The van der Waals surface area contributed by atoms with Crippen molar-refractivity contribution < 1.29 is 14.6 Å². The number of nitrogens with zero attached hydrogens (tertiary/aromatic N) is 1. The first kappa shape index (κ1) is 13.3. The van der Waals surface area contributed by atoms with Gasteiger partial charge in [0.1, 0.15) is 5.60 Å². The summed E-state index contributed by atoms with van der Waals surface area (Å²) >= 11 is 0. The van der Waals surface area contributed by atoms with Crippen LogP contribution in [0.3, 0.4) is 0 Å². The summed E-state index contributed by atoms with van der Waals surface area (Å²) in [6.45, 7) is 7.74. The van der Waals surface area contributed by atoms with Gasteiger partial charge in [-0.3, -0.25) is 0 Å². The number of hydrogen-bond donors (Lipinski definition) is 2. The number of piperazine rings is 1.